The van der Waals surface area contributed by atoms with Crippen molar-refractivity contribution in [3.8, 4) is 0 Å². The van der Waals surface area contributed by atoms with E-state index in [2.05, 4.69) is 0 Å². The molecule has 0 heterocycles. The molecule has 0 bridgehead atoms. The van der Waals surface area contributed by atoms with Gasteiger partial charge < -0.3 is 9.64 Å². The van der Waals surface area contributed by atoms with E-state index >= 15 is 0 Å². The molecule has 0 saturated heterocycles. The molecule has 2 aromatic carbocycles. The third-order valence-electron chi connectivity index (χ3n) is 4.58. The van der Waals surface area contributed by atoms with Gasteiger partial charge in [-0.05, 0) is 49.9 Å². The van der Waals surface area contributed by atoms with Gasteiger partial charge in [-0.25, -0.2) is 4.39 Å². The lowest BCUT2D eigenvalue weighted by Gasteiger charge is -2.22. The number of aryl methyl sites for hydroxylation is 2. The average Bonchev–Trinajstić information content (AvgIpc) is 2.69. The predicted octanol–water partition coefficient (Wildman–Crippen LogP) is 4.09. The van der Waals surface area contributed by atoms with Crippen LogP contribution in [-0.4, -0.2) is 36.5 Å². The summed E-state index contributed by atoms with van der Waals surface area (Å²) < 4.78 is 18.0. The summed E-state index contributed by atoms with van der Waals surface area (Å²) in [6.07, 6.45) is 1.83. The van der Waals surface area contributed by atoms with Crippen LogP contribution in [0, 0.1) is 12.7 Å². The normalized spacial score (nSPS) is 10.5. The Morgan fingerprint density at radius 2 is 1.50 bits per heavy atom. The lowest BCUT2D eigenvalue weighted by Crippen LogP contribution is -2.35. The highest BCUT2D eigenvalue weighted by Crippen LogP contribution is 2.10. The monoisotopic (exact) mass is 385 g/mol. The van der Waals surface area contributed by atoms with E-state index in [9.17, 15) is 14.0 Å². The minimum atomic E-state index is -0.305. The predicted molar refractivity (Wildman–Crippen MR) is 107 cm³/mol. The van der Waals surface area contributed by atoms with E-state index in [0.29, 0.717) is 39.0 Å². The van der Waals surface area contributed by atoms with E-state index in [1.807, 2.05) is 31.2 Å². The zero-order valence-corrected chi connectivity index (χ0v) is 16.6. The highest BCUT2D eigenvalue weighted by Gasteiger charge is 2.15. The first-order valence-corrected chi connectivity index (χ1v) is 9.71. The van der Waals surface area contributed by atoms with E-state index in [0.717, 1.165) is 11.1 Å². The highest BCUT2D eigenvalue weighted by molar-refractivity contribution is 5.77. The third-order valence-corrected chi connectivity index (χ3v) is 4.58. The Morgan fingerprint density at radius 1 is 0.893 bits per heavy atom. The molecule has 0 N–H and O–H groups in total. The standard InChI is InChI=1S/C23H28FNO3/c1-3-28-23(27)15-17-25(16-14-20-8-11-21(24)12-9-20)22(26)13-10-19-6-4-18(2)5-7-19/h4-9,11-12H,3,10,13-17H2,1-2H3. The number of hydrogen-bond donors (Lipinski definition) is 0. The quantitative estimate of drug-likeness (QED) is 0.579. The van der Waals surface area contributed by atoms with Gasteiger partial charge in [-0.15, -0.1) is 0 Å². The first-order valence-electron chi connectivity index (χ1n) is 9.71. The van der Waals surface area contributed by atoms with Crippen molar-refractivity contribution in [2.75, 3.05) is 19.7 Å². The van der Waals surface area contributed by atoms with Crippen LogP contribution >= 0.6 is 0 Å². The third kappa shape index (κ3) is 7.51. The van der Waals surface area contributed by atoms with E-state index < -0.39 is 0 Å². The second kappa shape index (κ2) is 11.2. The molecular weight excluding hydrogens is 357 g/mol. The summed E-state index contributed by atoms with van der Waals surface area (Å²) in [5, 5.41) is 0. The van der Waals surface area contributed by atoms with Gasteiger partial charge in [-0.2, -0.15) is 0 Å². The zero-order chi connectivity index (χ0) is 20.4. The first-order chi connectivity index (χ1) is 13.5. The molecular formula is C23H28FNO3. The minimum Gasteiger partial charge on any atom is -0.466 e. The number of rotatable bonds is 10. The van der Waals surface area contributed by atoms with Crippen molar-refractivity contribution < 1.29 is 18.7 Å². The number of carbonyl (C=O) groups is 2. The van der Waals surface area contributed by atoms with Crippen LogP contribution in [-0.2, 0) is 27.2 Å². The van der Waals surface area contributed by atoms with E-state index in [1.54, 1.807) is 24.0 Å². The Balaban J connectivity index is 1.94. The minimum absolute atomic E-state index is 0.00647. The van der Waals surface area contributed by atoms with Crippen molar-refractivity contribution in [2.24, 2.45) is 0 Å². The summed E-state index contributed by atoms with van der Waals surface area (Å²) in [6, 6.07) is 14.4. The molecule has 0 aliphatic heterocycles. The molecule has 5 heteroatoms. The number of benzene rings is 2. The van der Waals surface area contributed by atoms with Crippen LogP contribution < -0.4 is 0 Å². The van der Waals surface area contributed by atoms with Crippen LogP contribution in [0.25, 0.3) is 0 Å². The maximum absolute atomic E-state index is 13.1. The second-order valence-corrected chi connectivity index (χ2v) is 6.80. The Labute approximate surface area is 166 Å². The maximum atomic E-state index is 13.1. The van der Waals surface area contributed by atoms with Crippen molar-refractivity contribution in [2.45, 2.75) is 39.5 Å². The number of halogens is 1. The maximum Gasteiger partial charge on any atom is 0.307 e. The fourth-order valence-electron chi connectivity index (χ4n) is 2.90. The van der Waals surface area contributed by atoms with E-state index in [1.165, 1.54) is 17.7 Å². The molecule has 1 amide bonds. The molecule has 0 fully saturated rings. The summed E-state index contributed by atoms with van der Waals surface area (Å²) in [6.45, 7) is 4.93. The summed E-state index contributed by atoms with van der Waals surface area (Å²) in [7, 11) is 0. The molecule has 0 unspecified atom stereocenters. The number of esters is 1. The molecule has 28 heavy (non-hydrogen) atoms. The van der Waals surface area contributed by atoms with Crippen LogP contribution in [0.5, 0.6) is 0 Å². The molecule has 0 atom stereocenters. The lowest BCUT2D eigenvalue weighted by molar-refractivity contribution is -0.144. The SMILES string of the molecule is CCOC(=O)CCN(CCc1ccc(F)cc1)C(=O)CCc1ccc(C)cc1. The summed E-state index contributed by atoms with van der Waals surface area (Å²) in [4.78, 5) is 26.1. The van der Waals surface area contributed by atoms with Crippen LogP contribution in [0.3, 0.4) is 0 Å². The largest absolute Gasteiger partial charge is 0.466 e. The highest BCUT2D eigenvalue weighted by atomic mass is 19.1. The van der Waals surface area contributed by atoms with Gasteiger partial charge in [0.2, 0.25) is 5.91 Å². The Kier molecular flexibility index (Phi) is 8.66. The van der Waals surface area contributed by atoms with Gasteiger partial charge in [0.15, 0.2) is 0 Å². The number of nitrogens with zero attached hydrogens (tertiary/aromatic N) is 1. The van der Waals surface area contributed by atoms with Crippen molar-refractivity contribution in [1.29, 1.82) is 0 Å². The summed E-state index contributed by atoms with van der Waals surface area (Å²) >= 11 is 0. The molecule has 150 valence electrons. The van der Waals surface area contributed by atoms with Gasteiger partial charge in [0, 0.05) is 19.5 Å². The lowest BCUT2D eigenvalue weighted by atomic mass is 10.1. The van der Waals surface area contributed by atoms with Crippen molar-refractivity contribution in [3.05, 3.63) is 71.0 Å². The Bertz CT molecular complexity index is 756. The average molecular weight is 385 g/mol. The Hall–Kier alpha value is -2.69. The Morgan fingerprint density at radius 3 is 2.14 bits per heavy atom. The molecule has 0 saturated carbocycles. The van der Waals surface area contributed by atoms with Gasteiger partial charge in [0.1, 0.15) is 5.82 Å². The fraction of sp³-hybridized carbons (Fsp3) is 0.391. The summed E-state index contributed by atoms with van der Waals surface area (Å²) in [5.74, 6) is -0.579. The number of ether oxygens (including phenoxy) is 1. The van der Waals surface area contributed by atoms with Crippen molar-refractivity contribution >= 4 is 11.9 Å². The van der Waals surface area contributed by atoms with E-state index in [4.69, 9.17) is 4.74 Å². The molecule has 0 spiro atoms. The van der Waals surface area contributed by atoms with Crippen LogP contribution in [0.1, 0.15) is 36.5 Å². The second-order valence-electron chi connectivity index (χ2n) is 6.80. The number of amides is 1. The van der Waals surface area contributed by atoms with Crippen molar-refractivity contribution in [3.63, 3.8) is 0 Å². The molecule has 0 aromatic heterocycles. The topological polar surface area (TPSA) is 46.6 Å². The van der Waals surface area contributed by atoms with Gasteiger partial charge in [0.25, 0.3) is 0 Å². The molecule has 2 aromatic rings. The smallest absolute Gasteiger partial charge is 0.307 e. The van der Waals surface area contributed by atoms with Gasteiger partial charge in [0.05, 0.1) is 13.0 Å². The first kappa shape index (κ1) is 21.6. The number of carbonyl (C=O) groups excluding carboxylic acids is 2. The van der Waals surface area contributed by atoms with Crippen LogP contribution in [0.15, 0.2) is 48.5 Å². The molecule has 4 nitrogen and oxygen atoms in total. The van der Waals surface area contributed by atoms with Crippen molar-refractivity contribution in [1.82, 2.24) is 4.90 Å². The molecule has 0 aliphatic rings. The fourth-order valence-corrected chi connectivity index (χ4v) is 2.90. The van der Waals surface area contributed by atoms with Gasteiger partial charge in [-0.3, -0.25) is 9.59 Å². The van der Waals surface area contributed by atoms with Gasteiger partial charge >= 0.3 is 5.97 Å². The molecule has 0 aliphatic carbocycles. The number of hydrogen-bond acceptors (Lipinski definition) is 3. The van der Waals surface area contributed by atoms with E-state index in [-0.39, 0.29) is 24.1 Å². The van der Waals surface area contributed by atoms with Crippen LogP contribution in [0.4, 0.5) is 4.39 Å². The molecule has 2 rings (SSSR count). The zero-order valence-electron chi connectivity index (χ0n) is 16.6. The van der Waals surface area contributed by atoms with Crippen LogP contribution in [0.2, 0.25) is 0 Å². The summed E-state index contributed by atoms with van der Waals surface area (Å²) in [5.41, 5.74) is 3.25. The molecule has 0 radical (unpaired) electrons. The van der Waals surface area contributed by atoms with Gasteiger partial charge in [-0.1, -0.05) is 42.0 Å².